The van der Waals surface area contributed by atoms with E-state index in [2.05, 4.69) is 41.3 Å². The molecular formula is C14H26N6O2. The number of carbonyl (C=O) groups excluding carboxylic acids is 2. The van der Waals surface area contributed by atoms with Gasteiger partial charge in [-0.25, -0.2) is 4.68 Å². The third kappa shape index (κ3) is 5.44. The van der Waals surface area contributed by atoms with E-state index < -0.39 is 0 Å². The zero-order valence-corrected chi connectivity index (χ0v) is 14.0. The van der Waals surface area contributed by atoms with Crippen molar-refractivity contribution in [2.45, 2.75) is 33.4 Å². The average Bonchev–Trinajstić information content (AvgIpc) is 2.91. The SMILES string of the molecule is CCN(CCNC(=O)c1cn(CC(=O)N(C)C)nn1)C(C)C. The van der Waals surface area contributed by atoms with Crippen LogP contribution in [0.3, 0.4) is 0 Å². The summed E-state index contributed by atoms with van der Waals surface area (Å²) in [7, 11) is 3.34. The molecule has 8 heteroatoms. The van der Waals surface area contributed by atoms with E-state index >= 15 is 0 Å². The molecule has 124 valence electrons. The molecule has 1 heterocycles. The zero-order chi connectivity index (χ0) is 16.7. The summed E-state index contributed by atoms with van der Waals surface area (Å²) in [6.45, 7) is 8.69. The second kappa shape index (κ2) is 8.47. The van der Waals surface area contributed by atoms with Crippen LogP contribution >= 0.6 is 0 Å². The van der Waals surface area contributed by atoms with Crippen molar-refractivity contribution in [1.82, 2.24) is 30.1 Å². The molecule has 0 radical (unpaired) electrons. The molecule has 0 unspecified atom stereocenters. The van der Waals surface area contributed by atoms with Crippen LogP contribution < -0.4 is 5.32 Å². The van der Waals surface area contributed by atoms with E-state index in [0.717, 1.165) is 13.1 Å². The smallest absolute Gasteiger partial charge is 0.273 e. The van der Waals surface area contributed by atoms with Crippen LogP contribution in [0.15, 0.2) is 6.20 Å². The molecule has 0 aliphatic rings. The van der Waals surface area contributed by atoms with Crippen molar-refractivity contribution in [3.05, 3.63) is 11.9 Å². The van der Waals surface area contributed by atoms with Crippen molar-refractivity contribution in [2.24, 2.45) is 0 Å². The largest absolute Gasteiger partial charge is 0.349 e. The highest BCUT2D eigenvalue weighted by molar-refractivity contribution is 5.91. The Bertz CT molecular complexity index is 497. The van der Waals surface area contributed by atoms with Gasteiger partial charge in [-0.05, 0) is 20.4 Å². The van der Waals surface area contributed by atoms with E-state index in [0.29, 0.717) is 12.6 Å². The number of nitrogens with zero attached hydrogens (tertiary/aromatic N) is 5. The number of hydrogen-bond acceptors (Lipinski definition) is 5. The highest BCUT2D eigenvalue weighted by Gasteiger charge is 2.13. The fourth-order valence-corrected chi connectivity index (χ4v) is 1.94. The molecule has 1 aromatic rings. The van der Waals surface area contributed by atoms with Crippen molar-refractivity contribution < 1.29 is 9.59 Å². The van der Waals surface area contributed by atoms with E-state index in [1.807, 2.05) is 0 Å². The van der Waals surface area contributed by atoms with Crippen LogP contribution in [0.5, 0.6) is 0 Å². The number of nitrogens with one attached hydrogen (secondary N) is 1. The van der Waals surface area contributed by atoms with Gasteiger partial charge >= 0.3 is 0 Å². The van der Waals surface area contributed by atoms with Crippen LogP contribution in [0.2, 0.25) is 0 Å². The summed E-state index contributed by atoms with van der Waals surface area (Å²) in [6.07, 6.45) is 1.48. The van der Waals surface area contributed by atoms with Crippen molar-refractivity contribution in [2.75, 3.05) is 33.7 Å². The van der Waals surface area contributed by atoms with Crippen LogP contribution in [0, 0.1) is 0 Å². The monoisotopic (exact) mass is 310 g/mol. The maximum Gasteiger partial charge on any atom is 0.273 e. The van der Waals surface area contributed by atoms with Gasteiger partial charge in [0, 0.05) is 33.2 Å². The molecule has 8 nitrogen and oxygen atoms in total. The molecule has 0 aromatic carbocycles. The van der Waals surface area contributed by atoms with Crippen molar-refractivity contribution in [1.29, 1.82) is 0 Å². The van der Waals surface area contributed by atoms with E-state index in [1.54, 1.807) is 14.1 Å². The molecule has 1 aromatic heterocycles. The Morgan fingerprint density at radius 1 is 1.36 bits per heavy atom. The van der Waals surface area contributed by atoms with Gasteiger partial charge in [0.1, 0.15) is 6.54 Å². The minimum absolute atomic E-state index is 0.0737. The minimum Gasteiger partial charge on any atom is -0.349 e. The summed E-state index contributed by atoms with van der Waals surface area (Å²) < 4.78 is 1.36. The number of likely N-dealkylation sites (N-methyl/N-ethyl adjacent to an activating group) is 2. The van der Waals surface area contributed by atoms with Crippen molar-refractivity contribution in [3.63, 3.8) is 0 Å². The van der Waals surface area contributed by atoms with E-state index in [4.69, 9.17) is 0 Å². The number of amides is 2. The number of rotatable bonds is 8. The second-order valence-electron chi connectivity index (χ2n) is 5.57. The van der Waals surface area contributed by atoms with Crippen LogP contribution in [-0.2, 0) is 11.3 Å². The highest BCUT2D eigenvalue weighted by Crippen LogP contribution is 1.97. The van der Waals surface area contributed by atoms with Crippen LogP contribution in [0.4, 0.5) is 0 Å². The first-order chi connectivity index (χ1) is 10.3. The summed E-state index contributed by atoms with van der Waals surface area (Å²) in [4.78, 5) is 27.3. The molecular weight excluding hydrogens is 284 g/mol. The lowest BCUT2D eigenvalue weighted by atomic mass is 10.3. The lowest BCUT2D eigenvalue weighted by Crippen LogP contribution is -2.38. The second-order valence-corrected chi connectivity index (χ2v) is 5.57. The molecule has 0 spiro atoms. The lowest BCUT2D eigenvalue weighted by molar-refractivity contribution is -0.129. The topological polar surface area (TPSA) is 83.4 Å². The van der Waals surface area contributed by atoms with Gasteiger partial charge in [-0.1, -0.05) is 12.1 Å². The molecule has 0 saturated carbocycles. The number of aromatic nitrogens is 3. The Morgan fingerprint density at radius 2 is 2.05 bits per heavy atom. The Kier molecular flexibility index (Phi) is 6.97. The van der Waals surface area contributed by atoms with E-state index in [9.17, 15) is 9.59 Å². The first kappa shape index (κ1) is 18.1. The lowest BCUT2D eigenvalue weighted by Gasteiger charge is -2.24. The fourth-order valence-electron chi connectivity index (χ4n) is 1.94. The third-order valence-electron chi connectivity index (χ3n) is 3.39. The fraction of sp³-hybridized carbons (Fsp3) is 0.714. The summed E-state index contributed by atoms with van der Waals surface area (Å²) in [5.41, 5.74) is 0.221. The van der Waals surface area contributed by atoms with Crippen molar-refractivity contribution in [3.8, 4) is 0 Å². The molecule has 0 atom stereocenters. The molecule has 2 amide bonds. The van der Waals surface area contributed by atoms with Crippen LogP contribution in [0.25, 0.3) is 0 Å². The highest BCUT2D eigenvalue weighted by atomic mass is 16.2. The first-order valence-corrected chi connectivity index (χ1v) is 7.47. The molecule has 0 aliphatic heterocycles. The predicted octanol–water partition coefficient (Wildman–Crippen LogP) is -0.174. The number of carbonyl (C=O) groups is 2. The summed E-state index contributed by atoms with van der Waals surface area (Å²) in [5.74, 6) is -0.379. The normalized spacial score (nSPS) is 11.0. The Morgan fingerprint density at radius 3 is 2.59 bits per heavy atom. The van der Waals surface area contributed by atoms with Gasteiger partial charge in [0.25, 0.3) is 5.91 Å². The molecule has 0 bridgehead atoms. The molecule has 0 aliphatic carbocycles. The molecule has 0 saturated heterocycles. The first-order valence-electron chi connectivity index (χ1n) is 7.47. The molecule has 1 N–H and O–H groups in total. The maximum atomic E-state index is 12.0. The van der Waals surface area contributed by atoms with Gasteiger partial charge in [0.15, 0.2) is 5.69 Å². The van der Waals surface area contributed by atoms with Gasteiger partial charge in [0.2, 0.25) is 5.91 Å². The van der Waals surface area contributed by atoms with Gasteiger partial charge in [0.05, 0.1) is 6.20 Å². The predicted molar refractivity (Wildman–Crippen MR) is 83.4 cm³/mol. The van der Waals surface area contributed by atoms with Gasteiger partial charge in [-0.15, -0.1) is 5.10 Å². The molecule has 0 fully saturated rings. The zero-order valence-electron chi connectivity index (χ0n) is 14.0. The van der Waals surface area contributed by atoms with Gasteiger partial charge < -0.3 is 10.2 Å². The van der Waals surface area contributed by atoms with E-state index in [1.165, 1.54) is 15.8 Å². The van der Waals surface area contributed by atoms with Crippen LogP contribution in [-0.4, -0.2) is 76.4 Å². The minimum atomic E-state index is -0.275. The van der Waals surface area contributed by atoms with Crippen molar-refractivity contribution >= 4 is 11.8 Å². The van der Waals surface area contributed by atoms with Gasteiger partial charge in [-0.3, -0.25) is 14.5 Å². The third-order valence-corrected chi connectivity index (χ3v) is 3.39. The molecule has 1 rings (SSSR count). The summed E-state index contributed by atoms with van der Waals surface area (Å²) in [6, 6.07) is 0.444. The Balaban J connectivity index is 2.46. The number of hydrogen-bond donors (Lipinski definition) is 1. The molecule has 22 heavy (non-hydrogen) atoms. The summed E-state index contributed by atoms with van der Waals surface area (Å²) >= 11 is 0. The van der Waals surface area contributed by atoms with Gasteiger partial charge in [-0.2, -0.15) is 0 Å². The average molecular weight is 310 g/mol. The Labute approximate surface area is 131 Å². The standard InChI is InChI=1S/C14H26N6O2/c1-6-19(11(2)3)8-7-15-14(22)12-9-20(17-16-12)10-13(21)18(4)5/h9,11H,6-8,10H2,1-5H3,(H,15,22). The Hall–Kier alpha value is -1.96. The maximum absolute atomic E-state index is 12.0. The summed E-state index contributed by atoms with van der Waals surface area (Å²) in [5, 5.41) is 10.4. The van der Waals surface area contributed by atoms with Crippen LogP contribution in [0.1, 0.15) is 31.3 Å². The van der Waals surface area contributed by atoms with E-state index in [-0.39, 0.29) is 24.1 Å². The quantitative estimate of drug-likeness (QED) is 0.720.